The van der Waals surface area contributed by atoms with Crippen molar-refractivity contribution in [1.29, 1.82) is 0 Å². The molecule has 2 heterocycles. The van der Waals surface area contributed by atoms with Gasteiger partial charge in [-0.15, -0.1) is 12.4 Å². The third-order valence-corrected chi connectivity index (χ3v) is 2.23. The first-order chi connectivity index (χ1) is 5.86. The zero-order valence-corrected chi connectivity index (χ0v) is 8.17. The van der Waals surface area contributed by atoms with Gasteiger partial charge in [-0.05, 0) is 12.8 Å². The molecule has 0 spiro atoms. The van der Waals surface area contributed by atoms with Gasteiger partial charge in [0.1, 0.15) is 5.82 Å². The third kappa shape index (κ3) is 2.35. The maximum atomic E-state index is 5.52. The lowest BCUT2D eigenvalue weighted by Crippen LogP contribution is -2.18. The molecule has 0 saturated carbocycles. The molecule has 13 heavy (non-hydrogen) atoms. The van der Waals surface area contributed by atoms with Gasteiger partial charge in [0, 0.05) is 25.5 Å². The number of rotatable bonds is 1. The van der Waals surface area contributed by atoms with E-state index in [2.05, 4.69) is 9.55 Å². The predicted octanol–water partition coefficient (Wildman–Crippen LogP) is 1.24. The zero-order chi connectivity index (χ0) is 8.39. The van der Waals surface area contributed by atoms with Crippen molar-refractivity contribution in [3.63, 3.8) is 0 Å². The first kappa shape index (κ1) is 10.3. The van der Waals surface area contributed by atoms with Crippen LogP contribution in [0.15, 0.2) is 12.5 Å². The molecule has 1 saturated heterocycles. The summed E-state index contributed by atoms with van der Waals surface area (Å²) in [6.07, 6.45) is 5.81. The van der Waals surface area contributed by atoms with Crippen molar-refractivity contribution >= 4 is 18.2 Å². The summed E-state index contributed by atoms with van der Waals surface area (Å²) in [5.41, 5.74) is 5.52. The summed E-state index contributed by atoms with van der Waals surface area (Å²) in [5.74, 6) is 0.599. The number of nitrogens with two attached hydrogens (primary N) is 1. The van der Waals surface area contributed by atoms with Crippen LogP contribution in [0.3, 0.4) is 0 Å². The fourth-order valence-corrected chi connectivity index (χ4v) is 1.54. The molecule has 0 aromatic carbocycles. The smallest absolute Gasteiger partial charge is 0.141 e. The van der Waals surface area contributed by atoms with Gasteiger partial charge in [-0.25, -0.2) is 4.98 Å². The summed E-state index contributed by atoms with van der Waals surface area (Å²) >= 11 is 0. The van der Waals surface area contributed by atoms with E-state index in [0.29, 0.717) is 11.9 Å². The first-order valence-corrected chi connectivity index (χ1v) is 4.23. The number of imidazole rings is 1. The molecular formula is C8H14ClN3O. The van der Waals surface area contributed by atoms with Crippen molar-refractivity contribution < 1.29 is 4.74 Å². The van der Waals surface area contributed by atoms with Gasteiger partial charge in [-0.1, -0.05) is 0 Å². The zero-order valence-electron chi connectivity index (χ0n) is 7.35. The lowest BCUT2D eigenvalue weighted by molar-refractivity contribution is 0.0696. The quantitative estimate of drug-likeness (QED) is 0.747. The molecule has 2 N–H and O–H groups in total. The molecule has 0 unspecified atom stereocenters. The highest BCUT2D eigenvalue weighted by atomic mass is 35.5. The lowest BCUT2D eigenvalue weighted by Gasteiger charge is -2.22. The van der Waals surface area contributed by atoms with E-state index in [1.807, 2.05) is 6.20 Å². The van der Waals surface area contributed by atoms with Gasteiger partial charge >= 0.3 is 0 Å². The van der Waals surface area contributed by atoms with Gasteiger partial charge in [0.2, 0.25) is 0 Å². The van der Waals surface area contributed by atoms with Crippen molar-refractivity contribution in [2.24, 2.45) is 0 Å². The van der Waals surface area contributed by atoms with E-state index in [4.69, 9.17) is 10.5 Å². The summed E-state index contributed by atoms with van der Waals surface area (Å²) in [4.78, 5) is 3.99. The highest BCUT2D eigenvalue weighted by molar-refractivity contribution is 5.85. The minimum absolute atomic E-state index is 0. The van der Waals surface area contributed by atoms with E-state index in [9.17, 15) is 0 Å². The molecule has 2 rings (SSSR count). The van der Waals surface area contributed by atoms with Crippen LogP contribution in [0.5, 0.6) is 0 Å². The minimum Gasteiger partial charge on any atom is -0.382 e. The number of aromatic nitrogens is 2. The molecule has 5 heteroatoms. The predicted molar refractivity (Wildman–Crippen MR) is 53.0 cm³/mol. The summed E-state index contributed by atoms with van der Waals surface area (Å²) in [7, 11) is 0. The maximum Gasteiger partial charge on any atom is 0.141 e. The van der Waals surface area contributed by atoms with Gasteiger partial charge in [0.25, 0.3) is 0 Å². The van der Waals surface area contributed by atoms with Crippen molar-refractivity contribution in [2.75, 3.05) is 18.9 Å². The number of ether oxygens (including phenoxy) is 1. The SMILES string of the molecule is Cl.Nc1cn(C2CCOCC2)cn1. The van der Waals surface area contributed by atoms with E-state index >= 15 is 0 Å². The summed E-state index contributed by atoms with van der Waals surface area (Å²) in [6, 6.07) is 0.531. The minimum atomic E-state index is 0. The third-order valence-electron chi connectivity index (χ3n) is 2.23. The van der Waals surface area contributed by atoms with Crippen molar-refractivity contribution in [3.8, 4) is 0 Å². The highest BCUT2D eigenvalue weighted by Gasteiger charge is 2.14. The lowest BCUT2D eigenvalue weighted by atomic mass is 10.1. The van der Waals surface area contributed by atoms with E-state index < -0.39 is 0 Å². The van der Waals surface area contributed by atoms with Crippen LogP contribution in [0, 0.1) is 0 Å². The number of halogens is 1. The van der Waals surface area contributed by atoms with Gasteiger partial charge in [-0.2, -0.15) is 0 Å². The topological polar surface area (TPSA) is 53.1 Å². The van der Waals surface area contributed by atoms with Crippen molar-refractivity contribution in [2.45, 2.75) is 18.9 Å². The van der Waals surface area contributed by atoms with E-state index in [-0.39, 0.29) is 12.4 Å². The van der Waals surface area contributed by atoms with Crippen LogP contribution in [-0.4, -0.2) is 22.8 Å². The Kier molecular flexibility index (Phi) is 3.57. The molecule has 74 valence electrons. The summed E-state index contributed by atoms with van der Waals surface area (Å²) in [5, 5.41) is 0. The Morgan fingerprint density at radius 2 is 2.15 bits per heavy atom. The van der Waals surface area contributed by atoms with E-state index in [1.54, 1.807) is 6.33 Å². The van der Waals surface area contributed by atoms with Crippen LogP contribution in [0.1, 0.15) is 18.9 Å². The number of hydrogen-bond donors (Lipinski definition) is 1. The van der Waals surface area contributed by atoms with Crippen LogP contribution in [0.4, 0.5) is 5.82 Å². The molecule has 1 aromatic rings. The van der Waals surface area contributed by atoms with Crippen LogP contribution in [-0.2, 0) is 4.74 Å². The average molecular weight is 204 g/mol. The molecule has 0 bridgehead atoms. The summed E-state index contributed by atoms with van der Waals surface area (Å²) < 4.78 is 7.34. The molecule has 1 aliphatic rings. The molecule has 0 radical (unpaired) electrons. The molecule has 0 aliphatic carbocycles. The van der Waals surface area contributed by atoms with Gasteiger partial charge < -0.3 is 15.0 Å². The van der Waals surface area contributed by atoms with Gasteiger partial charge in [0.15, 0.2) is 0 Å². The van der Waals surface area contributed by atoms with Crippen LogP contribution >= 0.6 is 12.4 Å². The van der Waals surface area contributed by atoms with Crippen LogP contribution < -0.4 is 5.73 Å². The molecule has 1 aromatic heterocycles. The van der Waals surface area contributed by atoms with Gasteiger partial charge in [-0.3, -0.25) is 0 Å². The Morgan fingerprint density at radius 1 is 1.46 bits per heavy atom. The fraction of sp³-hybridized carbons (Fsp3) is 0.625. The molecule has 0 amide bonds. The Morgan fingerprint density at radius 3 is 2.69 bits per heavy atom. The molecule has 1 fully saturated rings. The second-order valence-electron chi connectivity index (χ2n) is 3.09. The number of anilines is 1. The first-order valence-electron chi connectivity index (χ1n) is 4.23. The number of nitrogens with zero attached hydrogens (tertiary/aromatic N) is 2. The second-order valence-corrected chi connectivity index (χ2v) is 3.09. The summed E-state index contributed by atoms with van der Waals surface area (Å²) in [6.45, 7) is 1.70. The van der Waals surface area contributed by atoms with Gasteiger partial charge in [0.05, 0.1) is 6.33 Å². The van der Waals surface area contributed by atoms with Crippen LogP contribution in [0.2, 0.25) is 0 Å². The normalized spacial score (nSPS) is 18.2. The Balaban J connectivity index is 0.000000845. The molecule has 0 atom stereocenters. The molecular weight excluding hydrogens is 190 g/mol. The highest BCUT2D eigenvalue weighted by Crippen LogP contribution is 2.20. The average Bonchev–Trinajstić information content (AvgIpc) is 2.54. The van der Waals surface area contributed by atoms with E-state index in [0.717, 1.165) is 26.1 Å². The largest absolute Gasteiger partial charge is 0.382 e. The molecule has 4 nitrogen and oxygen atoms in total. The van der Waals surface area contributed by atoms with Crippen molar-refractivity contribution in [3.05, 3.63) is 12.5 Å². The Labute approximate surface area is 83.5 Å². The second kappa shape index (κ2) is 4.48. The Bertz CT molecular complexity index is 258. The Hall–Kier alpha value is -0.740. The maximum absolute atomic E-state index is 5.52. The number of hydrogen-bond acceptors (Lipinski definition) is 3. The fourth-order valence-electron chi connectivity index (χ4n) is 1.54. The monoisotopic (exact) mass is 203 g/mol. The van der Waals surface area contributed by atoms with E-state index in [1.165, 1.54) is 0 Å². The van der Waals surface area contributed by atoms with Crippen LogP contribution in [0.25, 0.3) is 0 Å². The standard InChI is InChI=1S/C8H13N3O.ClH/c9-8-5-11(6-10-8)7-1-3-12-4-2-7;/h5-7H,1-4,9H2;1H. The van der Waals surface area contributed by atoms with Crippen molar-refractivity contribution in [1.82, 2.24) is 9.55 Å². The number of nitrogen functional groups attached to an aromatic ring is 1. The molecule has 1 aliphatic heterocycles.